The smallest absolute Gasteiger partial charge is 0.320 e. The van der Waals surface area contributed by atoms with Crippen molar-refractivity contribution in [2.75, 3.05) is 0 Å². The lowest BCUT2D eigenvalue weighted by Crippen LogP contribution is -2.41. The van der Waals surface area contributed by atoms with Crippen LogP contribution in [0.4, 0.5) is 8.78 Å². The van der Waals surface area contributed by atoms with Gasteiger partial charge in [0.15, 0.2) is 11.6 Å². The van der Waals surface area contributed by atoms with Crippen LogP contribution in [0.25, 0.3) is 0 Å². The molecule has 0 bridgehead atoms. The second kappa shape index (κ2) is 5.72. The van der Waals surface area contributed by atoms with E-state index in [1.54, 1.807) is 0 Å². The number of halogens is 2. The molecule has 1 saturated carbocycles. The second-order valence-corrected chi connectivity index (χ2v) is 6.09. The summed E-state index contributed by atoms with van der Waals surface area (Å²) >= 11 is 0. The van der Waals surface area contributed by atoms with Crippen LogP contribution < -0.4 is 0 Å². The van der Waals surface area contributed by atoms with Gasteiger partial charge in [0.25, 0.3) is 0 Å². The summed E-state index contributed by atoms with van der Waals surface area (Å²) in [6.45, 7) is 0.168. The molecule has 1 aliphatic heterocycles. The number of likely N-dealkylation sites (tertiary alicyclic amines) is 1. The zero-order valence-electron chi connectivity index (χ0n) is 11.8. The fraction of sp³-hybridized carbons (Fsp3) is 0.562. The molecule has 1 aromatic carbocycles. The summed E-state index contributed by atoms with van der Waals surface area (Å²) < 4.78 is 27.2. The van der Waals surface area contributed by atoms with Gasteiger partial charge in [0.1, 0.15) is 6.04 Å². The Hall–Kier alpha value is -1.49. The van der Waals surface area contributed by atoms with Crippen molar-refractivity contribution in [1.29, 1.82) is 0 Å². The highest BCUT2D eigenvalue weighted by atomic mass is 19.2. The molecular formula is C16H19F2NO2. The molecule has 3 atom stereocenters. The van der Waals surface area contributed by atoms with Crippen LogP contribution in [0, 0.1) is 17.6 Å². The normalized spacial score (nSPS) is 29.3. The Balaban J connectivity index is 1.86. The van der Waals surface area contributed by atoms with E-state index in [2.05, 4.69) is 0 Å². The summed E-state index contributed by atoms with van der Waals surface area (Å²) in [5.41, 5.74) is 0.243. The number of aliphatic carboxylic acids is 1. The Bertz CT molecular complexity index is 549. The number of benzene rings is 1. The molecule has 1 N–H and O–H groups in total. The van der Waals surface area contributed by atoms with Gasteiger partial charge in [0.05, 0.1) is 0 Å². The van der Waals surface area contributed by atoms with E-state index in [1.807, 2.05) is 4.90 Å². The standard InChI is InChI=1S/C16H19F2NO2/c17-12-6-3-5-11(15(12)18)9-19-13-7-2-1-4-10(13)8-14(19)16(20)21/h3,5-6,10,13-14H,1-2,4,7-9H2,(H,20,21)/t10-,13-,14-/m0/s1. The Kier molecular flexibility index (Phi) is 3.93. The lowest BCUT2D eigenvalue weighted by atomic mass is 9.84. The van der Waals surface area contributed by atoms with Crippen LogP contribution in [0.2, 0.25) is 0 Å². The third-order valence-corrected chi connectivity index (χ3v) is 4.89. The van der Waals surface area contributed by atoms with Crippen molar-refractivity contribution in [2.24, 2.45) is 5.92 Å². The first-order valence-electron chi connectivity index (χ1n) is 7.49. The fourth-order valence-corrected chi connectivity index (χ4v) is 3.89. The van der Waals surface area contributed by atoms with Crippen LogP contribution in [0.3, 0.4) is 0 Å². The van der Waals surface area contributed by atoms with E-state index in [4.69, 9.17) is 0 Å². The average Bonchev–Trinajstić information content (AvgIpc) is 2.83. The quantitative estimate of drug-likeness (QED) is 0.931. The van der Waals surface area contributed by atoms with Crippen molar-refractivity contribution in [2.45, 2.75) is 50.7 Å². The highest BCUT2D eigenvalue weighted by Crippen LogP contribution is 2.40. The van der Waals surface area contributed by atoms with Gasteiger partial charge in [-0.05, 0) is 31.2 Å². The van der Waals surface area contributed by atoms with Gasteiger partial charge in [-0.15, -0.1) is 0 Å². The van der Waals surface area contributed by atoms with Gasteiger partial charge in [0, 0.05) is 18.2 Å². The summed E-state index contributed by atoms with van der Waals surface area (Å²) in [6, 6.07) is 3.69. The molecule has 0 aromatic heterocycles. The van der Waals surface area contributed by atoms with Crippen LogP contribution in [-0.4, -0.2) is 28.1 Å². The number of carboxylic acids is 1. The first-order valence-corrected chi connectivity index (χ1v) is 7.49. The minimum atomic E-state index is -0.876. The van der Waals surface area contributed by atoms with Crippen molar-refractivity contribution >= 4 is 5.97 Å². The monoisotopic (exact) mass is 295 g/mol. The average molecular weight is 295 g/mol. The van der Waals surface area contributed by atoms with E-state index in [9.17, 15) is 18.7 Å². The largest absolute Gasteiger partial charge is 0.480 e. The first kappa shape index (κ1) is 14.4. The number of rotatable bonds is 3. The molecule has 1 heterocycles. The predicted octanol–water partition coefficient (Wildman–Crippen LogP) is 3.18. The molecule has 0 unspecified atom stereocenters. The fourth-order valence-electron chi connectivity index (χ4n) is 3.89. The third kappa shape index (κ3) is 2.67. The molecule has 2 fully saturated rings. The summed E-state index contributed by atoms with van der Waals surface area (Å²) in [6.07, 6.45) is 4.82. The van der Waals surface area contributed by atoms with Crippen molar-refractivity contribution in [1.82, 2.24) is 4.90 Å². The van der Waals surface area contributed by atoms with Gasteiger partial charge >= 0.3 is 5.97 Å². The summed E-state index contributed by atoms with van der Waals surface area (Å²) in [5.74, 6) is -2.22. The van der Waals surface area contributed by atoms with Crippen LogP contribution in [0.5, 0.6) is 0 Å². The highest BCUT2D eigenvalue weighted by molar-refractivity contribution is 5.74. The van der Waals surface area contributed by atoms with E-state index in [1.165, 1.54) is 12.1 Å². The second-order valence-electron chi connectivity index (χ2n) is 6.09. The Morgan fingerprint density at radius 2 is 2.05 bits per heavy atom. The molecular weight excluding hydrogens is 276 g/mol. The molecule has 3 nitrogen and oxygen atoms in total. The molecule has 1 aliphatic carbocycles. The Labute approximate surface area is 122 Å². The van der Waals surface area contributed by atoms with Gasteiger partial charge < -0.3 is 5.11 Å². The number of hydrogen-bond donors (Lipinski definition) is 1. The minimum Gasteiger partial charge on any atom is -0.480 e. The zero-order chi connectivity index (χ0) is 15.0. The van der Waals surface area contributed by atoms with Crippen molar-refractivity contribution in [3.05, 3.63) is 35.4 Å². The Morgan fingerprint density at radius 3 is 2.81 bits per heavy atom. The van der Waals surface area contributed by atoms with Crippen LogP contribution in [-0.2, 0) is 11.3 Å². The van der Waals surface area contributed by atoms with Crippen molar-refractivity contribution in [3.8, 4) is 0 Å². The van der Waals surface area contributed by atoms with Crippen LogP contribution in [0.15, 0.2) is 18.2 Å². The molecule has 3 rings (SSSR count). The van der Waals surface area contributed by atoms with Crippen molar-refractivity contribution in [3.63, 3.8) is 0 Å². The van der Waals surface area contributed by atoms with E-state index >= 15 is 0 Å². The SMILES string of the molecule is O=C(O)[C@@H]1C[C@@H]2CCCC[C@@H]2N1Cc1cccc(F)c1F. The van der Waals surface area contributed by atoms with Gasteiger partial charge in [-0.25, -0.2) is 8.78 Å². The zero-order valence-corrected chi connectivity index (χ0v) is 11.8. The van der Waals surface area contributed by atoms with E-state index in [0.717, 1.165) is 31.7 Å². The third-order valence-electron chi connectivity index (χ3n) is 4.89. The van der Waals surface area contributed by atoms with Crippen LogP contribution in [0.1, 0.15) is 37.7 Å². The molecule has 2 aliphatic rings. The number of hydrogen-bond acceptors (Lipinski definition) is 2. The predicted molar refractivity (Wildman–Crippen MR) is 73.7 cm³/mol. The molecule has 1 aromatic rings. The lowest BCUT2D eigenvalue weighted by molar-refractivity contribution is -0.142. The van der Waals surface area contributed by atoms with E-state index in [0.29, 0.717) is 12.3 Å². The van der Waals surface area contributed by atoms with Gasteiger partial charge in [-0.3, -0.25) is 9.69 Å². The molecule has 21 heavy (non-hydrogen) atoms. The van der Waals surface area contributed by atoms with E-state index in [-0.39, 0.29) is 18.2 Å². The van der Waals surface area contributed by atoms with Crippen LogP contribution >= 0.6 is 0 Å². The number of carboxylic acid groups (broad SMARTS) is 1. The van der Waals surface area contributed by atoms with E-state index < -0.39 is 23.6 Å². The Morgan fingerprint density at radius 1 is 1.29 bits per heavy atom. The molecule has 0 radical (unpaired) electrons. The van der Waals surface area contributed by atoms with Crippen molar-refractivity contribution < 1.29 is 18.7 Å². The first-order chi connectivity index (χ1) is 10.1. The molecule has 1 saturated heterocycles. The lowest BCUT2D eigenvalue weighted by Gasteiger charge is -2.33. The number of carbonyl (C=O) groups is 1. The van der Waals surface area contributed by atoms with Gasteiger partial charge in [-0.2, -0.15) is 0 Å². The maximum absolute atomic E-state index is 13.9. The number of nitrogens with zero attached hydrogens (tertiary/aromatic N) is 1. The molecule has 0 amide bonds. The summed E-state index contributed by atoms with van der Waals surface area (Å²) in [5, 5.41) is 9.42. The maximum atomic E-state index is 13.9. The van der Waals surface area contributed by atoms with Gasteiger partial charge in [-0.1, -0.05) is 25.0 Å². The van der Waals surface area contributed by atoms with Gasteiger partial charge in [0.2, 0.25) is 0 Å². The minimum absolute atomic E-state index is 0.168. The topological polar surface area (TPSA) is 40.5 Å². The summed E-state index contributed by atoms with van der Waals surface area (Å²) in [7, 11) is 0. The maximum Gasteiger partial charge on any atom is 0.320 e. The number of fused-ring (bicyclic) bond motifs is 1. The molecule has 5 heteroatoms. The molecule has 114 valence electrons. The molecule has 0 spiro atoms. The summed E-state index contributed by atoms with van der Waals surface area (Å²) in [4.78, 5) is 13.4. The highest BCUT2D eigenvalue weighted by Gasteiger charge is 2.45.